The minimum Gasteiger partial charge on any atom is -0.293 e. The molecule has 1 unspecified atom stereocenters. The molecule has 1 atom stereocenters. The highest BCUT2D eigenvalue weighted by Gasteiger charge is 2.39. The zero-order chi connectivity index (χ0) is 25.3. The molecule has 0 spiro atoms. The molecule has 3 aromatic rings. The Morgan fingerprint density at radius 3 is 2.54 bits per heavy atom. The number of carbonyl (C=O) groups is 1. The van der Waals surface area contributed by atoms with Crippen molar-refractivity contribution in [2.24, 2.45) is 5.92 Å². The topological polar surface area (TPSA) is 83.6 Å². The van der Waals surface area contributed by atoms with Gasteiger partial charge in [-0.15, -0.1) is 5.10 Å². The molecule has 1 heterocycles. The maximum absolute atomic E-state index is 13.8. The van der Waals surface area contributed by atoms with Crippen molar-refractivity contribution in [3.8, 4) is 11.8 Å². The summed E-state index contributed by atoms with van der Waals surface area (Å²) in [5.41, 5.74) is 1.33. The van der Waals surface area contributed by atoms with Gasteiger partial charge < -0.3 is 0 Å². The summed E-state index contributed by atoms with van der Waals surface area (Å²) in [4.78, 5) is 15.9. The minimum absolute atomic E-state index is 0.0184. The van der Waals surface area contributed by atoms with E-state index in [0.29, 0.717) is 16.8 Å². The number of amides is 1. The lowest BCUT2D eigenvalue weighted by Crippen LogP contribution is -2.19. The van der Waals surface area contributed by atoms with E-state index in [0.717, 1.165) is 18.9 Å². The average Bonchev–Trinajstić information content (AvgIpc) is 3.56. The molecule has 1 aliphatic rings. The van der Waals surface area contributed by atoms with Crippen LogP contribution in [0, 0.1) is 24.2 Å². The van der Waals surface area contributed by atoms with Gasteiger partial charge in [0.05, 0.1) is 17.2 Å². The molecule has 1 N–H and O–H groups in total. The molecule has 0 aliphatic heterocycles. The highest BCUT2D eigenvalue weighted by atomic mass is 35.5. The number of halogens is 5. The summed E-state index contributed by atoms with van der Waals surface area (Å²) in [7, 11) is 0. The van der Waals surface area contributed by atoms with Crippen molar-refractivity contribution >= 4 is 41.1 Å². The fraction of sp³-hybridized carbons (Fsp3) is 0.250. The molecule has 35 heavy (non-hydrogen) atoms. The van der Waals surface area contributed by atoms with E-state index in [1.165, 1.54) is 35.3 Å². The molecule has 0 bridgehead atoms. The maximum atomic E-state index is 13.8. The standard InChI is InChI=1S/C24H18Cl2F3N5O/c1-13-19(25)9-16(10-20(13)26)18(24(27,28)29)6-2-14-3-7-21(17(8-14)11-30)34-12-31-23(33-34)32-22(35)15-4-5-15/h2-3,6-10,12,15,18H,4-5H2,1H3,(H,32,33,35)/b6-2+. The predicted octanol–water partition coefficient (Wildman–Crippen LogP) is 6.46. The number of nitriles is 1. The number of alkyl halides is 3. The van der Waals surface area contributed by atoms with Crippen LogP contribution >= 0.6 is 23.2 Å². The normalized spacial score (nSPS) is 14.7. The summed E-state index contributed by atoms with van der Waals surface area (Å²) >= 11 is 12.1. The number of benzene rings is 2. The highest BCUT2D eigenvalue weighted by Crippen LogP contribution is 2.39. The van der Waals surface area contributed by atoms with Crippen LogP contribution in [0.25, 0.3) is 11.8 Å². The second-order valence-electron chi connectivity index (χ2n) is 8.15. The van der Waals surface area contributed by atoms with Crippen LogP contribution in [0.4, 0.5) is 19.1 Å². The van der Waals surface area contributed by atoms with Crippen molar-refractivity contribution in [3.05, 3.63) is 75.0 Å². The Morgan fingerprint density at radius 1 is 1.26 bits per heavy atom. The van der Waals surface area contributed by atoms with Crippen LogP contribution in [0.2, 0.25) is 10.0 Å². The Kier molecular flexibility index (Phi) is 6.88. The van der Waals surface area contributed by atoms with Crippen LogP contribution in [0.15, 0.2) is 42.7 Å². The summed E-state index contributed by atoms with van der Waals surface area (Å²) in [6.07, 6.45) is 0.706. The van der Waals surface area contributed by atoms with Crippen molar-refractivity contribution in [3.63, 3.8) is 0 Å². The van der Waals surface area contributed by atoms with Gasteiger partial charge in [0.2, 0.25) is 11.9 Å². The predicted molar refractivity (Wildman–Crippen MR) is 126 cm³/mol. The van der Waals surface area contributed by atoms with Crippen LogP contribution in [-0.4, -0.2) is 26.8 Å². The minimum atomic E-state index is -4.58. The molecule has 1 amide bonds. The first-order valence-corrected chi connectivity index (χ1v) is 11.3. The first kappa shape index (κ1) is 24.8. The number of anilines is 1. The Balaban J connectivity index is 1.59. The molecule has 1 fully saturated rings. The quantitative estimate of drug-likeness (QED) is 0.404. The molecule has 0 saturated heterocycles. The number of carbonyl (C=O) groups excluding carboxylic acids is 1. The molecule has 180 valence electrons. The van der Waals surface area contributed by atoms with Gasteiger partial charge >= 0.3 is 6.18 Å². The number of hydrogen-bond donors (Lipinski definition) is 1. The Bertz CT molecular complexity index is 1330. The number of hydrogen-bond acceptors (Lipinski definition) is 4. The molecule has 6 nitrogen and oxygen atoms in total. The third kappa shape index (κ3) is 5.66. The smallest absolute Gasteiger partial charge is 0.293 e. The zero-order valence-electron chi connectivity index (χ0n) is 18.3. The molecule has 0 radical (unpaired) electrons. The number of nitrogens with one attached hydrogen (secondary N) is 1. The highest BCUT2D eigenvalue weighted by molar-refractivity contribution is 6.36. The van der Waals surface area contributed by atoms with Gasteiger partial charge in [-0.3, -0.25) is 10.1 Å². The number of allylic oxidation sites excluding steroid dienone is 1. The van der Waals surface area contributed by atoms with Gasteiger partial charge in [-0.25, -0.2) is 4.68 Å². The molecule has 1 saturated carbocycles. The lowest BCUT2D eigenvalue weighted by atomic mass is 9.95. The summed E-state index contributed by atoms with van der Waals surface area (Å²) in [5, 5.41) is 16.7. The van der Waals surface area contributed by atoms with Crippen molar-refractivity contribution in [2.45, 2.75) is 31.9 Å². The average molecular weight is 520 g/mol. The SMILES string of the molecule is Cc1c(Cl)cc(C(/C=C/c2ccc(-n3cnc(NC(=O)C4CC4)n3)c(C#N)c2)C(F)(F)F)cc1Cl. The van der Waals surface area contributed by atoms with Crippen LogP contribution in [0.5, 0.6) is 0 Å². The van der Waals surface area contributed by atoms with E-state index in [-0.39, 0.29) is 38.9 Å². The third-order valence-electron chi connectivity index (χ3n) is 5.56. The van der Waals surface area contributed by atoms with Crippen LogP contribution in [0.3, 0.4) is 0 Å². The fourth-order valence-corrected chi connectivity index (χ4v) is 3.91. The third-order valence-corrected chi connectivity index (χ3v) is 6.34. The van der Waals surface area contributed by atoms with Gasteiger partial charge in [0, 0.05) is 16.0 Å². The van der Waals surface area contributed by atoms with Crippen molar-refractivity contribution in [1.29, 1.82) is 5.26 Å². The number of rotatable bonds is 6. The second-order valence-corrected chi connectivity index (χ2v) is 8.97. The summed E-state index contributed by atoms with van der Waals surface area (Å²) in [5.74, 6) is -2.01. The van der Waals surface area contributed by atoms with Gasteiger partial charge in [-0.2, -0.15) is 23.4 Å². The van der Waals surface area contributed by atoms with Gasteiger partial charge in [0.15, 0.2) is 0 Å². The first-order valence-electron chi connectivity index (χ1n) is 10.5. The maximum Gasteiger partial charge on any atom is 0.399 e. The Morgan fingerprint density at radius 2 is 1.94 bits per heavy atom. The van der Waals surface area contributed by atoms with Gasteiger partial charge in [-0.1, -0.05) is 41.4 Å². The molecule has 2 aromatic carbocycles. The first-order chi connectivity index (χ1) is 16.6. The Hall–Kier alpha value is -3.35. The van der Waals surface area contributed by atoms with Gasteiger partial charge in [-0.05, 0) is 60.7 Å². The monoisotopic (exact) mass is 519 g/mol. The van der Waals surface area contributed by atoms with Crippen LogP contribution < -0.4 is 5.32 Å². The van der Waals surface area contributed by atoms with E-state index in [9.17, 15) is 23.2 Å². The van der Waals surface area contributed by atoms with Crippen molar-refractivity contribution < 1.29 is 18.0 Å². The molecule has 4 rings (SSSR count). The molecular weight excluding hydrogens is 502 g/mol. The lowest BCUT2D eigenvalue weighted by Gasteiger charge is -2.19. The second kappa shape index (κ2) is 9.72. The van der Waals surface area contributed by atoms with Crippen LogP contribution in [-0.2, 0) is 4.79 Å². The Labute approximate surface area is 209 Å². The van der Waals surface area contributed by atoms with Gasteiger partial charge in [0.25, 0.3) is 0 Å². The largest absolute Gasteiger partial charge is 0.399 e. The number of aromatic nitrogens is 3. The molecule has 1 aliphatic carbocycles. The van der Waals surface area contributed by atoms with Crippen LogP contribution in [0.1, 0.15) is 41.0 Å². The summed E-state index contributed by atoms with van der Waals surface area (Å²) in [6.45, 7) is 1.62. The molecule has 11 heteroatoms. The fourth-order valence-electron chi connectivity index (χ4n) is 3.40. The van der Waals surface area contributed by atoms with E-state index in [1.54, 1.807) is 19.1 Å². The van der Waals surface area contributed by atoms with Crippen molar-refractivity contribution in [2.75, 3.05) is 5.32 Å². The summed E-state index contributed by atoms with van der Waals surface area (Å²) < 4.78 is 42.8. The molecular formula is C24H18Cl2F3N5O. The van der Waals surface area contributed by atoms with Gasteiger partial charge in [0.1, 0.15) is 12.4 Å². The van der Waals surface area contributed by atoms with E-state index >= 15 is 0 Å². The van der Waals surface area contributed by atoms with E-state index < -0.39 is 12.1 Å². The molecule has 1 aromatic heterocycles. The zero-order valence-corrected chi connectivity index (χ0v) is 19.8. The van der Waals surface area contributed by atoms with Crippen molar-refractivity contribution in [1.82, 2.24) is 14.8 Å². The lowest BCUT2D eigenvalue weighted by molar-refractivity contribution is -0.139. The number of nitrogens with zero attached hydrogens (tertiary/aromatic N) is 4. The van der Waals surface area contributed by atoms with E-state index in [2.05, 4.69) is 15.4 Å². The van der Waals surface area contributed by atoms with E-state index in [1.807, 2.05) is 6.07 Å². The van der Waals surface area contributed by atoms with E-state index in [4.69, 9.17) is 23.2 Å². The summed E-state index contributed by atoms with van der Waals surface area (Å²) in [6, 6.07) is 9.06.